The van der Waals surface area contributed by atoms with Gasteiger partial charge in [0.2, 0.25) is 5.88 Å². The molecular formula is C9H9NO. The first kappa shape index (κ1) is 6.40. The van der Waals surface area contributed by atoms with Crippen LogP contribution in [0.25, 0.3) is 5.57 Å². The number of aromatic nitrogens is 1. The Kier molecular flexibility index (Phi) is 1.39. The summed E-state index contributed by atoms with van der Waals surface area (Å²) >= 11 is 0. The molecule has 0 amide bonds. The van der Waals surface area contributed by atoms with Crippen molar-refractivity contribution in [2.75, 3.05) is 6.61 Å². The van der Waals surface area contributed by atoms with Crippen LogP contribution in [0.3, 0.4) is 0 Å². The van der Waals surface area contributed by atoms with Crippen LogP contribution in [0.4, 0.5) is 0 Å². The quantitative estimate of drug-likeness (QED) is 0.559. The summed E-state index contributed by atoms with van der Waals surface area (Å²) < 4.78 is 5.31. The molecule has 0 fully saturated rings. The summed E-state index contributed by atoms with van der Waals surface area (Å²) in [5.74, 6) is 0.757. The Labute approximate surface area is 65.5 Å². The highest BCUT2D eigenvalue weighted by Gasteiger charge is 2.09. The van der Waals surface area contributed by atoms with Crippen LogP contribution in [0.2, 0.25) is 0 Å². The average Bonchev–Trinajstić information content (AvgIpc) is 2.06. The molecule has 1 aromatic rings. The Balaban J connectivity index is 2.56. The van der Waals surface area contributed by atoms with Crippen molar-refractivity contribution < 1.29 is 4.74 Å². The molecule has 0 saturated heterocycles. The summed E-state index contributed by atoms with van der Waals surface area (Å²) in [5, 5.41) is 0. The molecule has 2 rings (SSSR count). The maximum absolute atomic E-state index is 5.31. The molecule has 2 heteroatoms. The van der Waals surface area contributed by atoms with Gasteiger partial charge in [-0.2, -0.15) is 0 Å². The van der Waals surface area contributed by atoms with Gasteiger partial charge in [0, 0.05) is 11.8 Å². The van der Waals surface area contributed by atoms with Crippen LogP contribution in [0, 0.1) is 0 Å². The van der Waals surface area contributed by atoms with Crippen LogP contribution in [0.5, 0.6) is 5.88 Å². The highest BCUT2D eigenvalue weighted by molar-refractivity contribution is 5.68. The van der Waals surface area contributed by atoms with Gasteiger partial charge in [0.15, 0.2) is 0 Å². The van der Waals surface area contributed by atoms with E-state index in [0.29, 0.717) is 6.61 Å². The van der Waals surface area contributed by atoms with Crippen molar-refractivity contribution in [2.24, 2.45) is 0 Å². The second kappa shape index (κ2) is 2.38. The number of rotatable bonds is 0. The zero-order valence-corrected chi connectivity index (χ0v) is 6.37. The van der Waals surface area contributed by atoms with E-state index in [1.165, 1.54) is 5.57 Å². The number of fused-ring (bicyclic) bond motifs is 1. The zero-order chi connectivity index (χ0) is 7.68. The summed E-state index contributed by atoms with van der Waals surface area (Å²) in [5.41, 5.74) is 2.36. The third kappa shape index (κ3) is 1.00. The smallest absolute Gasteiger partial charge is 0.221 e. The van der Waals surface area contributed by atoms with Crippen LogP contribution >= 0.6 is 0 Å². The molecular weight excluding hydrogens is 138 g/mol. The van der Waals surface area contributed by atoms with E-state index in [4.69, 9.17) is 4.74 Å². The first-order valence-electron chi connectivity index (χ1n) is 3.63. The van der Waals surface area contributed by atoms with E-state index in [1.54, 1.807) is 6.20 Å². The number of hydrogen-bond donors (Lipinski definition) is 0. The number of allylic oxidation sites excluding steroid dienone is 1. The molecule has 2 heterocycles. The van der Waals surface area contributed by atoms with Gasteiger partial charge in [-0.1, -0.05) is 0 Å². The first-order chi connectivity index (χ1) is 5.38. The number of ether oxygens (including phenoxy) is 1. The van der Waals surface area contributed by atoms with Gasteiger partial charge in [0.25, 0.3) is 0 Å². The van der Waals surface area contributed by atoms with Gasteiger partial charge < -0.3 is 4.74 Å². The fraction of sp³-hybridized carbons (Fsp3) is 0.222. The lowest BCUT2D eigenvalue weighted by Crippen LogP contribution is -2.04. The van der Waals surface area contributed by atoms with Crippen LogP contribution in [-0.2, 0) is 0 Å². The fourth-order valence-electron chi connectivity index (χ4n) is 1.16. The van der Waals surface area contributed by atoms with Gasteiger partial charge in [0.05, 0.1) is 0 Å². The highest BCUT2D eigenvalue weighted by Crippen LogP contribution is 2.25. The van der Waals surface area contributed by atoms with E-state index in [1.807, 2.05) is 12.1 Å². The molecule has 0 N–H and O–H groups in total. The van der Waals surface area contributed by atoms with E-state index in [2.05, 4.69) is 18.0 Å². The molecule has 0 aliphatic carbocycles. The van der Waals surface area contributed by atoms with Crippen molar-refractivity contribution in [1.29, 1.82) is 0 Å². The fourth-order valence-corrected chi connectivity index (χ4v) is 1.16. The Bertz CT molecular complexity index is 304. The summed E-state index contributed by atoms with van der Waals surface area (Å²) in [4.78, 5) is 4.11. The molecule has 1 aromatic heterocycles. The van der Waals surface area contributed by atoms with E-state index in [-0.39, 0.29) is 0 Å². The lowest BCUT2D eigenvalue weighted by molar-refractivity contribution is 0.342. The maximum atomic E-state index is 5.31. The standard InChI is InChI=1S/C9H9NO/c1-7-4-6-11-9-8(7)3-2-5-10-9/h2-5H,6H2,1H3. The molecule has 56 valence electrons. The largest absolute Gasteiger partial charge is 0.473 e. The normalized spacial score (nSPS) is 14.8. The Morgan fingerprint density at radius 3 is 3.27 bits per heavy atom. The van der Waals surface area contributed by atoms with E-state index in [0.717, 1.165) is 11.4 Å². The van der Waals surface area contributed by atoms with Crippen LogP contribution in [-0.4, -0.2) is 11.6 Å². The first-order valence-corrected chi connectivity index (χ1v) is 3.63. The van der Waals surface area contributed by atoms with Gasteiger partial charge in [0.1, 0.15) is 6.61 Å². The van der Waals surface area contributed by atoms with Crippen molar-refractivity contribution in [1.82, 2.24) is 4.98 Å². The topological polar surface area (TPSA) is 22.1 Å². The van der Waals surface area contributed by atoms with E-state index < -0.39 is 0 Å². The van der Waals surface area contributed by atoms with E-state index in [9.17, 15) is 0 Å². The van der Waals surface area contributed by atoms with Gasteiger partial charge in [-0.05, 0) is 30.7 Å². The minimum atomic E-state index is 0.649. The van der Waals surface area contributed by atoms with Crippen molar-refractivity contribution in [3.63, 3.8) is 0 Å². The molecule has 2 nitrogen and oxygen atoms in total. The third-order valence-electron chi connectivity index (χ3n) is 1.81. The molecule has 0 atom stereocenters. The predicted molar refractivity (Wildman–Crippen MR) is 43.4 cm³/mol. The third-order valence-corrected chi connectivity index (χ3v) is 1.81. The number of nitrogens with zero attached hydrogens (tertiary/aromatic N) is 1. The van der Waals surface area contributed by atoms with Crippen LogP contribution in [0.1, 0.15) is 12.5 Å². The van der Waals surface area contributed by atoms with Crippen molar-refractivity contribution in [2.45, 2.75) is 6.92 Å². The Morgan fingerprint density at radius 1 is 1.55 bits per heavy atom. The SMILES string of the molecule is CC1=CCOc2ncccc21. The molecule has 0 saturated carbocycles. The molecule has 1 aliphatic heterocycles. The molecule has 1 aliphatic rings. The van der Waals surface area contributed by atoms with Crippen molar-refractivity contribution in [3.05, 3.63) is 30.0 Å². The average molecular weight is 147 g/mol. The minimum absolute atomic E-state index is 0.649. The molecule has 11 heavy (non-hydrogen) atoms. The Morgan fingerprint density at radius 2 is 2.45 bits per heavy atom. The van der Waals surface area contributed by atoms with Gasteiger partial charge in [-0.15, -0.1) is 0 Å². The van der Waals surface area contributed by atoms with Gasteiger partial charge in [-0.25, -0.2) is 4.98 Å². The second-order valence-electron chi connectivity index (χ2n) is 2.55. The second-order valence-corrected chi connectivity index (χ2v) is 2.55. The van der Waals surface area contributed by atoms with Crippen molar-refractivity contribution in [3.8, 4) is 5.88 Å². The summed E-state index contributed by atoms with van der Waals surface area (Å²) in [6, 6.07) is 3.94. The summed E-state index contributed by atoms with van der Waals surface area (Å²) in [6.07, 6.45) is 3.81. The lowest BCUT2D eigenvalue weighted by Gasteiger charge is -2.13. The molecule has 0 bridgehead atoms. The summed E-state index contributed by atoms with van der Waals surface area (Å²) in [6.45, 7) is 2.72. The highest BCUT2D eigenvalue weighted by atomic mass is 16.5. The molecule has 0 aromatic carbocycles. The van der Waals surface area contributed by atoms with Crippen LogP contribution < -0.4 is 4.74 Å². The molecule has 0 unspecified atom stereocenters. The number of hydrogen-bond acceptors (Lipinski definition) is 2. The Hall–Kier alpha value is -1.31. The lowest BCUT2D eigenvalue weighted by atomic mass is 10.1. The van der Waals surface area contributed by atoms with Crippen LogP contribution in [0.15, 0.2) is 24.4 Å². The zero-order valence-electron chi connectivity index (χ0n) is 6.37. The van der Waals surface area contributed by atoms with Gasteiger partial charge >= 0.3 is 0 Å². The molecule has 0 radical (unpaired) electrons. The monoisotopic (exact) mass is 147 g/mol. The predicted octanol–water partition coefficient (Wildman–Crippen LogP) is 1.88. The minimum Gasteiger partial charge on any atom is -0.473 e. The van der Waals surface area contributed by atoms with Gasteiger partial charge in [-0.3, -0.25) is 0 Å². The maximum Gasteiger partial charge on any atom is 0.221 e. The van der Waals surface area contributed by atoms with E-state index >= 15 is 0 Å². The summed E-state index contributed by atoms with van der Waals surface area (Å²) in [7, 11) is 0. The number of pyridine rings is 1. The van der Waals surface area contributed by atoms with Crippen molar-refractivity contribution >= 4 is 5.57 Å². The molecule has 0 spiro atoms.